The van der Waals surface area contributed by atoms with Crippen molar-refractivity contribution in [3.05, 3.63) is 24.0 Å². The number of carbonyl (C=O) groups excluding carboxylic acids is 1. The third-order valence-corrected chi connectivity index (χ3v) is 3.99. The van der Waals surface area contributed by atoms with Crippen LogP contribution in [0, 0.1) is 5.41 Å². The highest BCUT2D eigenvalue weighted by molar-refractivity contribution is 5.88. The summed E-state index contributed by atoms with van der Waals surface area (Å²) in [6.45, 7) is 3.21. The molecule has 2 rings (SSSR count). The second kappa shape index (κ2) is 5.38. The van der Waals surface area contributed by atoms with Crippen LogP contribution in [0.15, 0.2) is 18.3 Å². The van der Waals surface area contributed by atoms with E-state index in [9.17, 15) is 4.79 Å². The molecule has 1 aliphatic rings. The van der Waals surface area contributed by atoms with E-state index >= 15 is 0 Å². The SMILES string of the molecule is CCC1(CNc2ccnc(C(=O)OC)c2)CCC1. The Hall–Kier alpha value is -1.58. The van der Waals surface area contributed by atoms with Crippen molar-refractivity contribution in [2.75, 3.05) is 19.0 Å². The average Bonchev–Trinajstić information content (AvgIpc) is 2.37. The van der Waals surface area contributed by atoms with Crippen LogP contribution < -0.4 is 5.32 Å². The number of anilines is 1. The summed E-state index contributed by atoms with van der Waals surface area (Å²) in [7, 11) is 1.37. The standard InChI is InChI=1S/C14H20N2O2/c1-3-14(6-4-7-14)10-16-11-5-8-15-12(9-11)13(17)18-2/h5,8-9H,3-4,6-7,10H2,1-2H3,(H,15,16). The molecule has 1 aliphatic carbocycles. The molecule has 1 fully saturated rings. The van der Waals surface area contributed by atoms with E-state index < -0.39 is 5.97 Å². The predicted molar refractivity (Wildman–Crippen MR) is 70.6 cm³/mol. The average molecular weight is 248 g/mol. The normalized spacial score (nSPS) is 16.8. The van der Waals surface area contributed by atoms with E-state index in [1.165, 1.54) is 32.8 Å². The van der Waals surface area contributed by atoms with Gasteiger partial charge in [-0.25, -0.2) is 9.78 Å². The van der Waals surface area contributed by atoms with Gasteiger partial charge in [0.25, 0.3) is 0 Å². The number of nitrogens with zero attached hydrogens (tertiary/aromatic N) is 1. The van der Waals surface area contributed by atoms with Crippen molar-refractivity contribution in [2.24, 2.45) is 5.41 Å². The molecule has 4 nitrogen and oxygen atoms in total. The molecular weight excluding hydrogens is 228 g/mol. The number of carbonyl (C=O) groups is 1. The maximum Gasteiger partial charge on any atom is 0.356 e. The molecule has 4 heteroatoms. The summed E-state index contributed by atoms with van der Waals surface area (Å²) in [5.74, 6) is -0.396. The first-order valence-electron chi connectivity index (χ1n) is 6.47. The molecule has 18 heavy (non-hydrogen) atoms. The lowest BCUT2D eigenvalue weighted by Crippen LogP contribution is -2.35. The molecule has 0 aliphatic heterocycles. The number of hydrogen-bond acceptors (Lipinski definition) is 4. The molecule has 98 valence electrons. The maximum atomic E-state index is 11.4. The number of methoxy groups -OCH3 is 1. The molecule has 0 atom stereocenters. The lowest BCUT2D eigenvalue weighted by molar-refractivity contribution is 0.0594. The quantitative estimate of drug-likeness (QED) is 0.814. The van der Waals surface area contributed by atoms with E-state index in [0.29, 0.717) is 11.1 Å². The van der Waals surface area contributed by atoms with Gasteiger partial charge in [-0.3, -0.25) is 0 Å². The van der Waals surface area contributed by atoms with Gasteiger partial charge >= 0.3 is 5.97 Å². The van der Waals surface area contributed by atoms with Gasteiger partial charge < -0.3 is 10.1 Å². The van der Waals surface area contributed by atoms with Gasteiger partial charge in [-0.1, -0.05) is 13.3 Å². The minimum atomic E-state index is -0.396. The zero-order valence-corrected chi connectivity index (χ0v) is 11.0. The van der Waals surface area contributed by atoms with Gasteiger partial charge in [0.2, 0.25) is 0 Å². The Morgan fingerprint density at radius 3 is 2.89 bits per heavy atom. The molecule has 0 amide bonds. The Kier molecular flexibility index (Phi) is 3.84. The molecular formula is C14H20N2O2. The number of rotatable bonds is 5. The number of esters is 1. The summed E-state index contributed by atoms with van der Waals surface area (Å²) in [6.07, 6.45) is 6.76. The lowest BCUT2D eigenvalue weighted by Gasteiger charge is -2.41. The van der Waals surface area contributed by atoms with Gasteiger partial charge in [-0.15, -0.1) is 0 Å². The zero-order valence-electron chi connectivity index (χ0n) is 11.0. The van der Waals surface area contributed by atoms with Gasteiger partial charge in [0.15, 0.2) is 0 Å². The molecule has 0 radical (unpaired) electrons. The zero-order chi connectivity index (χ0) is 13.0. The smallest absolute Gasteiger partial charge is 0.356 e. The van der Waals surface area contributed by atoms with E-state index in [0.717, 1.165) is 12.2 Å². The molecule has 0 spiro atoms. The Morgan fingerprint density at radius 1 is 1.56 bits per heavy atom. The van der Waals surface area contributed by atoms with Crippen molar-refractivity contribution < 1.29 is 9.53 Å². The fraction of sp³-hybridized carbons (Fsp3) is 0.571. The van der Waals surface area contributed by atoms with Gasteiger partial charge in [-0.2, -0.15) is 0 Å². The fourth-order valence-corrected chi connectivity index (χ4v) is 2.38. The van der Waals surface area contributed by atoms with Crippen molar-refractivity contribution in [3.63, 3.8) is 0 Å². The second-order valence-electron chi connectivity index (χ2n) is 4.98. The monoisotopic (exact) mass is 248 g/mol. The first-order chi connectivity index (χ1) is 8.69. The highest BCUT2D eigenvalue weighted by Gasteiger charge is 2.34. The number of nitrogens with one attached hydrogen (secondary N) is 1. The summed E-state index contributed by atoms with van der Waals surface area (Å²) in [5, 5.41) is 3.41. The molecule has 0 aromatic carbocycles. The summed E-state index contributed by atoms with van der Waals surface area (Å²) in [6, 6.07) is 3.63. The number of hydrogen-bond donors (Lipinski definition) is 1. The minimum absolute atomic E-state index is 0.349. The van der Waals surface area contributed by atoms with Crippen LogP contribution >= 0.6 is 0 Å². The molecule has 0 bridgehead atoms. The van der Waals surface area contributed by atoms with Gasteiger partial charge in [-0.05, 0) is 36.8 Å². The Labute approximate surface area is 108 Å². The summed E-state index contributed by atoms with van der Waals surface area (Å²) in [5.41, 5.74) is 1.74. The van der Waals surface area contributed by atoms with E-state index in [-0.39, 0.29) is 0 Å². The molecule has 1 aromatic heterocycles. The third kappa shape index (κ3) is 2.63. The molecule has 1 saturated carbocycles. The fourth-order valence-electron chi connectivity index (χ4n) is 2.38. The molecule has 1 heterocycles. The minimum Gasteiger partial charge on any atom is -0.464 e. The van der Waals surface area contributed by atoms with E-state index in [1.54, 1.807) is 12.3 Å². The van der Waals surface area contributed by atoms with Crippen molar-refractivity contribution in [3.8, 4) is 0 Å². The van der Waals surface area contributed by atoms with Crippen molar-refractivity contribution >= 4 is 11.7 Å². The first-order valence-corrected chi connectivity index (χ1v) is 6.47. The third-order valence-electron chi connectivity index (χ3n) is 3.99. The van der Waals surface area contributed by atoms with Crippen LogP contribution in [0.1, 0.15) is 43.1 Å². The van der Waals surface area contributed by atoms with Crippen LogP contribution in [-0.2, 0) is 4.74 Å². The second-order valence-corrected chi connectivity index (χ2v) is 4.98. The summed E-state index contributed by atoms with van der Waals surface area (Å²) in [4.78, 5) is 15.4. The molecule has 1 N–H and O–H groups in total. The summed E-state index contributed by atoms with van der Waals surface area (Å²) < 4.78 is 4.66. The number of aromatic nitrogens is 1. The predicted octanol–water partition coefficient (Wildman–Crippen LogP) is 2.86. The Balaban J connectivity index is 1.99. The molecule has 0 unspecified atom stereocenters. The lowest BCUT2D eigenvalue weighted by atomic mass is 9.67. The van der Waals surface area contributed by atoms with Gasteiger partial charge in [0.1, 0.15) is 5.69 Å². The van der Waals surface area contributed by atoms with E-state index in [4.69, 9.17) is 0 Å². The number of pyridine rings is 1. The van der Waals surface area contributed by atoms with Crippen LogP contribution in [0.25, 0.3) is 0 Å². The van der Waals surface area contributed by atoms with Crippen molar-refractivity contribution in [2.45, 2.75) is 32.6 Å². The maximum absolute atomic E-state index is 11.4. The topological polar surface area (TPSA) is 51.2 Å². The highest BCUT2D eigenvalue weighted by Crippen LogP contribution is 2.43. The van der Waals surface area contributed by atoms with Gasteiger partial charge in [0, 0.05) is 18.4 Å². The van der Waals surface area contributed by atoms with Crippen LogP contribution in [0.4, 0.5) is 5.69 Å². The number of ether oxygens (including phenoxy) is 1. The van der Waals surface area contributed by atoms with Gasteiger partial charge in [0.05, 0.1) is 7.11 Å². The van der Waals surface area contributed by atoms with E-state index in [2.05, 4.69) is 22.0 Å². The van der Waals surface area contributed by atoms with Crippen LogP contribution in [-0.4, -0.2) is 24.6 Å². The van der Waals surface area contributed by atoms with E-state index in [1.807, 2.05) is 6.07 Å². The van der Waals surface area contributed by atoms with Crippen molar-refractivity contribution in [1.29, 1.82) is 0 Å². The summed E-state index contributed by atoms with van der Waals surface area (Å²) >= 11 is 0. The van der Waals surface area contributed by atoms with Crippen LogP contribution in [0.2, 0.25) is 0 Å². The Morgan fingerprint density at radius 2 is 2.33 bits per heavy atom. The van der Waals surface area contributed by atoms with Crippen LogP contribution in [0.3, 0.4) is 0 Å². The molecule has 1 aromatic rings. The van der Waals surface area contributed by atoms with Crippen LogP contribution in [0.5, 0.6) is 0 Å². The molecule has 0 saturated heterocycles. The Bertz CT molecular complexity index is 422. The van der Waals surface area contributed by atoms with Crippen molar-refractivity contribution in [1.82, 2.24) is 4.98 Å². The highest BCUT2D eigenvalue weighted by atomic mass is 16.5. The first kappa shape index (κ1) is 12.9. The largest absolute Gasteiger partial charge is 0.464 e.